The average Bonchev–Trinajstić information content (AvgIpc) is 3.30. The summed E-state index contributed by atoms with van der Waals surface area (Å²) in [5.74, 6) is -0.809. The predicted molar refractivity (Wildman–Crippen MR) is 95.5 cm³/mol. The number of aromatic amines is 1. The smallest absolute Gasteiger partial charge is 0.256 e. The summed E-state index contributed by atoms with van der Waals surface area (Å²) in [6.07, 6.45) is 4.19. The number of benzene rings is 1. The monoisotopic (exact) mass is 354 g/mol. The lowest BCUT2D eigenvalue weighted by Crippen LogP contribution is -2.34. The summed E-state index contributed by atoms with van der Waals surface area (Å²) < 4.78 is 27.9. The maximum Gasteiger partial charge on any atom is 0.256 e. The van der Waals surface area contributed by atoms with E-state index in [0.29, 0.717) is 12.2 Å². The molecule has 0 amide bonds. The van der Waals surface area contributed by atoms with Gasteiger partial charge < -0.3 is 14.8 Å². The third kappa shape index (κ3) is 2.62. The fraction of sp³-hybridized carbons (Fsp3) is 0.278. The number of nitrogens with one attached hydrogen (secondary N) is 1. The second-order valence-electron chi connectivity index (χ2n) is 6.31. The van der Waals surface area contributed by atoms with E-state index in [1.165, 1.54) is 18.5 Å². The molecule has 0 aliphatic carbocycles. The number of nitrogens with zero attached hydrogens (tertiary/aromatic N) is 5. The van der Waals surface area contributed by atoms with Gasteiger partial charge in [-0.05, 0) is 24.6 Å². The summed E-state index contributed by atoms with van der Waals surface area (Å²) in [6, 6.07) is 4.45. The number of hydrogen-bond donors (Lipinski definition) is 1. The minimum Gasteiger partial charge on any atom is -0.370 e. The topological polar surface area (TPSA) is 52.4 Å². The van der Waals surface area contributed by atoms with Gasteiger partial charge in [0.1, 0.15) is 29.4 Å². The van der Waals surface area contributed by atoms with Crippen LogP contribution in [0.2, 0.25) is 0 Å². The molecule has 0 saturated carbocycles. The summed E-state index contributed by atoms with van der Waals surface area (Å²) in [5.41, 5.74) is 0.644. The molecule has 26 heavy (non-hydrogen) atoms. The first-order valence-electron chi connectivity index (χ1n) is 8.21. The standard InChI is InChI=1S/C18H16F2N6/c1-21-16-14(19)7-12(8-15(16)20)25(2)11-4-6-26(9-11)18-13-3-5-22-17(13)23-10-24-18/h3,5,7-8,10-11H,4,6,9H2,2H3,(H,22,23,24)/t11-/m1/s1. The van der Waals surface area contributed by atoms with Crippen LogP contribution in [-0.2, 0) is 0 Å². The highest BCUT2D eigenvalue weighted by molar-refractivity contribution is 5.87. The van der Waals surface area contributed by atoms with Crippen LogP contribution in [0.5, 0.6) is 0 Å². The van der Waals surface area contributed by atoms with Gasteiger partial charge in [-0.25, -0.2) is 23.6 Å². The van der Waals surface area contributed by atoms with Gasteiger partial charge in [-0.1, -0.05) is 0 Å². The Morgan fingerprint density at radius 1 is 1.31 bits per heavy atom. The quantitative estimate of drug-likeness (QED) is 0.732. The van der Waals surface area contributed by atoms with Crippen LogP contribution in [0.15, 0.2) is 30.7 Å². The highest BCUT2D eigenvalue weighted by Gasteiger charge is 2.29. The molecule has 0 unspecified atom stereocenters. The van der Waals surface area contributed by atoms with E-state index >= 15 is 0 Å². The Hall–Kier alpha value is -3.21. The molecule has 1 fully saturated rings. The van der Waals surface area contributed by atoms with Crippen LogP contribution in [0.4, 0.5) is 26.0 Å². The number of rotatable bonds is 3. The van der Waals surface area contributed by atoms with E-state index in [-0.39, 0.29) is 6.04 Å². The van der Waals surface area contributed by atoms with Crippen LogP contribution < -0.4 is 9.80 Å². The second kappa shape index (κ2) is 6.26. The number of H-pyrrole nitrogens is 1. The van der Waals surface area contributed by atoms with Crippen LogP contribution in [0.3, 0.4) is 0 Å². The van der Waals surface area contributed by atoms with Gasteiger partial charge in [0, 0.05) is 38.1 Å². The Bertz CT molecular complexity index is 985. The molecule has 132 valence electrons. The van der Waals surface area contributed by atoms with Crippen molar-refractivity contribution in [3.05, 3.63) is 53.8 Å². The lowest BCUT2D eigenvalue weighted by molar-refractivity contribution is 0.590. The molecule has 1 saturated heterocycles. The van der Waals surface area contributed by atoms with E-state index in [4.69, 9.17) is 6.57 Å². The number of halogens is 2. The highest BCUT2D eigenvalue weighted by Crippen LogP contribution is 2.31. The molecule has 8 heteroatoms. The minimum absolute atomic E-state index is 0.0801. The van der Waals surface area contributed by atoms with Crippen LogP contribution in [0.25, 0.3) is 15.9 Å². The molecule has 6 nitrogen and oxygen atoms in total. The van der Waals surface area contributed by atoms with Gasteiger partial charge in [-0.3, -0.25) is 0 Å². The molecule has 1 N–H and O–H groups in total. The lowest BCUT2D eigenvalue weighted by atomic mass is 10.2. The van der Waals surface area contributed by atoms with Crippen molar-refractivity contribution in [2.24, 2.45) is 0 Å². The first kappa shape index (κ1) is 16.3. The van der Waals surface area contributed by atoms with Crippen molar-refractivity contribution < 1.29 is 8.78 Å². The number of fused-ring (bicyclic) bond motifs is 1. The normalized spacial score (nSPS) is 16.8. The molecular formula is C18H16F2N6. The largest absolute Gasteiger partial charge is 0.370 e. The molecule has 4 rings (SSSR count). The van der Waals surface area contributed by atoms with Crippen molar-refractivity contribution in [1.29, 1.82) is 0 Å². The van der Waals surface area contributed by atoms with Crippen molar-refractivity contribution in [2.75, 3.05) is 29.9 Å². The summed E-state index contributed by atoms with van der Waals surface area (Å²) in [4.78, 5) is 18.6. The molecule has 3 aromatic rings. The summed E-state index contributed by atoms with van der Waals surface area (Å²) in [7, 11) is 1.81. The molecule has 1 atom stereocenters. The molecule has 3 heterocycles. The number of likely N-dealkylation sites (N-methyl/N-ethyl adjacent to an activating group) is 1. The van der Waals surface area contributed by atoms with Crippen molar-refractivity contribution in [2.45, 2.75) is 12.5 Å². The fourth-order valence-electron chi connectivity index (χ4n) is 3.43. The Morgan fingerprint density at radius 2 is 2.08 bits per heavy atom. The average molecular weight is 354 g/mol. The van der Waals surface area contributed by atoms with Gasteiger partial charge in [0.15, 0.2) is 0 Å². The second-order valence-corrected chi connectivity index (χ2v) is 6.31. The Labute approximate surface area is 148 Å². The van der Waals surface area contributed by atoms with Crippen LogP contribution in [0, 0.1) is 18.2 Å². The summed E-state index contributed by atoms with van der Waals surface area (Å²) in [6.45, 7) is 8.33. The van der Waals surface area contributed by atoms with E-state index in [2.05, 4.69) is 24.7 Å². The van der Waals surface area contributed by atoms with Gasteiger partial charge in [0.2, 0.25) is 0 Å². The highest BCUT2D eigenvalue weighted by atomic mass is 19.1. The summed E-state index contributed by atoms with van der Waals surface area (Å²) in [5, 5.41) is 0.953. The zero-order valence-corrected chi connectivity index (χ0v) is 14.1. The first-order valence-corrected chi connectivity index (χ1v) is 8.21. The first-order chi connectivity index (χ1) is 12.6. The van der Waals surface area contributed by atoms with Gasteiger partial charge in [-0.2, -0.15) is 0 Å². The molecule has 1 aliphatic heterocycles. The maximum atomic E-state index is 13.9. The molecule has 0 bridgehead atoms. The van der Waals surface area contributed by atoms with Crippen molar-refractivity contribution in [1.82, 2.24) is 15.0 Å². The molecule has 0 radical (unpaired) electrons. The SMILES string of the molecule is [C-]#[N+]c1c(F)cc(N(C)[C@@H]2CCN(c3ncnc4[nH]ccc34)C2)cc1F. The zero-order valence-electron chi connectivity index (χ0n) is 14.1. The third-order valence-corrected chi connectivity index (χ3v) is 4.86. The van der Waals surface area contributed by atoms with Crippen molar-refractivity contribution in [3.63, 3.8) is 0 Å². The van der Waals surface area contributed by atoms with E-state index in [0.717, 1.165) is 29.8 Å². The van der Waals surface area contributed by atoms with Crippen LogP contribution in [-0.4, -0.2) is 41.1 Å². The van der Waals surface area contributed by atoms with E-state index in [9.17, 15) is 8.78 Å². The zero-order chi connectivity index (χ0) is 18.3. The van der Waals surface area contributed by atoms with Crippen molar-refractivity contribution in [3.8, 4) is 0 Å². The number of anilines is 2. The van der Waals surface area contributed by atoms with E-state index in [1.807, 2.05) is 24.2 Å². The van der Waals surface area contributed by atoms with Gasteiger partial charge in [-0.15, -0.1) is 0 Å². The Balaban J connectivity index is 1.57. The van der Waals surface area contributed by atoms with Crippen LogP contribution in [0.1, 0.15) is 6.42 Å². The van der Waals surface area contributed by atoms with Gasteiger partial charge in [0.25, 0.3) is 5.69 Å². The van der Waals surface area contributed by atoms with Crippen LogP contribution >= 0.6 is 0 Å². The summed E-state index contributed by atoms with van der Waals surface area (Å²) >= 11 is 0. The predicted octanol–water partition coefficient (Wildman–Crippen LogP) is 3.50. The van der Waals surface area contributed by atoms with E-state index < -0.39 is 17.3 Å². The molecule has 2 aromatic heterocycles. The minimum atomic E-state index is -0.832. The number of hydrogen-bond acceptors (Lipinski definition) is 4. The molecular weight excluding hydrogens is 338 g/mol. The molecule has 1 aromatic carbocycles. The third-order valence-electron chi connectivity index (χ3n) is 4.86. The van der Waals surface area contributed by atoms with Crippen molar-refractivity contribution >= 4 is 28.2 Å². The van der Waals surface area contributed by atoms with Gasteiger partial charge >= 0.3 is 0 Å². The Morgan fingerprint density at radius 3 is 2.81 bits per heavy atom. The Kier molecular flexibility index (Phi) is 3.92. The maximum absolute atomic E-state index is 13.9. The molecule has 0 spiro atoms. The van der Waals surface area contributed by atoms with E-state index in [1.54, 1.807) is 0 Å². The molecule has 1 aliphatic rings. The fourth-order valence-corrected chi connectivity index (χ4v) is 3.43. The number of aromatic nitrogens is 3. The lowest BCUT2D eigenvalue weighted by Gasteiger charge is -2.27. The van der Waals surface area contributed by atoms with Gasteiger partial charge in [0.05, 0.1) is 12.0 Å².